The first kappa shape index (κ1) is 28.0. The van der Waals surface area contributed by atoms with Gasteiger partial charge in [0, 0.05) is 0 Å². The van der Waals surface area contributed by atoms with Gasteiger partial charge in [0.15, 0.2) is 0 Å². The van der Waals surface area contributed by atoms with Crippen LogP contribution >= 0.6 is 0 Å². The highest BCUT2D eigenvalue weighted by molar-refractivity contribution is 4.81. The maximum atomic E-state index is 3.66. The molecule has 0 aromatic rings. The van der Waals surface area contributed by atoms with Gasteiger partial charge in [0.2, 0.25) is 0 Å². The summed E-state index contributed by atoms with van der Waals surface area (Å²) in [6.45, 7) is 16.4. The summed E-state index contributed by atoms with van der Waals surface area (Å²) in [5.74, 6) is 0. The third kappa shape index (κ3) is 37.5. The molecule has 0 spiro atoms. The Morgan fingerprint density at radius 2 is 0.833 bits per heavy atom. The molecule has 0 radical (unpaired) electrons. The van der Waals surface area contributed by atoms with Gasteiger partial charge in [-0.05, 0) is 38.5 Å². The molecule has 0 fully saturated rings. The van der Waals surface area contributed by atoms with Gasteiger partial charge >= 0.3 is 0 Å². The topological polar surface area (TPSA) is 0 Å². The second kappa shape index (κ2) is 33.7. The third-order valence-corrected chi connectivity index (χ3v) is 3.88. The van der Waals surface area contributed by atoms with E-state index in [1.165, 1.54) is 96.3 Å². The predicted octanol–water partition coefficient (Wildman–Crippen LogP) is 9.43. The van der Waals surface area contributed by atoms with E-state index >= 15 is 0 Å². The zero-order valence-corrected chi connectivity index (χ0v) is 17.5. The highest BCUT2D eigenvalue weighted by Gasteiger charge is 1.86. The van der Waals surface area contributed by atoms with Crippen molar-refractivity contribution in [1.29, 1.82) is 0 Å². The average Bonchev–Trinajstić information content (AvgIpc) is 2.63. The van der Waals surface area contributed by atoms with Crippen molar-refractivity contribution < 1.29 is 0 Å². The predicted molar refractivity (Wildman–Crippen MR) is 117 cm³/mol. The lowest BCUT2D eigenvalue weighted by molar-refractivity contribution is 0.665. The molecule has 0 bridgehead atoms. The summed E-state index contributed by atoms with van der Waals surface area (Å²) in [5, 5.41) is 0. The Bertz CT molecular complexity index is 200. The molecule has 0 aliphatic rings. The van der Waals surface area contributed by atoms with Crippen LogP contribution in [0.3, 0.4) is 0 Å². The SMILES string of the molecule is C=C.C=CCCCCCC.CCCCCCC=CCCCCCC. The van der Waals surface area contributed by atoms with Crippen LogP contribution in [0.25, 0.3) is 0 Å². The van der Waals surface area contributed by atoms with E-state index in [4.69, 9.17) is 0 Å². The van der Waals surface area contributed by atoms with Crippen molar-refractivity contribution in [3.63, 3.8) is 0 Å². The molecule has 24 heavy (non-hydrogen) atoms. The summed E-state index contributed by atoms with van der Waals surface area (Å²) in [6, 6.07) is 0. The minimum Gasteiger partial charge on any atom is -0.106 e. The lowest BCUT2D eigenvalue weighted by Gasteiger charge is -1.95. The first-order chi connectivity index (χ1) is 11.8. The fraction of sp³-hybridized carbons (Fsp3) is 0.750. The van der Waals surface area contributed by atoms with Gasteiger partial charge in [-0.25, -0.2) is 0 Å². The summed E-state index contributed by atoms with van der Waals surface area (Å²) in [7, 11) is 0. The molecule has 0 aromatic heterocycles. The molecule has 0 aromatic carbocycles. The number of hydrogen-bond acceptors (Lipinski definition) is 0. The fourth-order valence-electron chi connectivity index (χ4n) is 2.33. The Morgan fingerprint density at radius 1 is 0.500 bits per heavy atom. The zero-order chi connectivity index (χ0) is 18.7. The monoisotopic (exact) mass is 336 g/mol. The first-order valence-corrected chi connectivity index (χ1v) is 10.6. The van der Waals surface area contributed by atoms with Gasteiger partial charge in [0.1, 0.15) is 0 Å². The Kier molecular flexibility index (Phi) is 39.4. The lowest BCUT2D eigenvalue weighted by Crippen LogP contribution is -1.75. The third-order valence-electron chi connectivity index (χ3n) is 3.88. The molecule has 144 valence electrons. The van der Waals surface area contributed by atoms with Gasteiger partial charge in [-0.2, -0.15) is 0 Å². The minimum absolute atomic E-state index is 1.19. The molecular formula is C24H48. The quantitative estimate of drug-likeness (QED) is 0.206. The minimum atomic E-state index is 1.19. The fourth-order valence-corrected chi connectivity index (χ4v) is 2.33. The van der Waals surface area contributed by atoms with Crippen LogP contribution in [0.15, 0.2) is 38.0 Å². The van der Waals surface area contributed by atoms with Crippen molar-refractivity contribution in [3.8, 4) is 0 Å². The molecule has 0 aliphatic carbocycles. The van der Waals surface area contributed by atoms with E-state index in [-0.39, 0.29) is 0 Å². The number of rotatable bonds is 15. The largest absolute Gasteiger partial charge is 0.106 e. The van der Waals surface area contributed by atoms with E-state index in [0.717, 1.165) is 0 Å². The first-order valence-electron chi connectivity index (χ1n) is 10.6. The van der Waals surface area contributed by atoms with Crippen LogP contribution in [0.4, 0.5) is 0 Å². The van der Waals surface area contributed by atoms with Crippen LogP contribution in [0, 0.1) is 0 Å². The Balaban J connectivity index is -0.000000374. The van der Waals surface area contributed by atoms with Crippen molar-refractivity contribution in [3.05, 3.63) is 38.0 Å². The second-order valence-corrected chi connectivity index (χ2v) is 6.31. The molecule has 0 N–H and O–H groups in total. The highest BCUT2D eigenvalue weighted by Crippen LogP contribution is 2.06. The van der Waals surface area contributed by atoms with Gasteiger partial charge in [-0.3, -0.25) is 0 Å². The van der Waals surface area contributed by atoms with E-state index in [1.807, 2.05) is 6.08 Å². The molecular weight excluding hydrogens is 288 g/mol. The summed E-state index contributed by atoms with van der Waals surface area (Å²) in [6.07, 6.45) is 27.1. The summed E-state index contributed by atoms with van der Waals surface area (Å²) < 4.78 is 0. The summed E-state index contributed by atoms with van der Waals surface area (Å²) in [4.78, 5) is 0. The van der Waals surface area contributed by atoms with Crippen molar-refractivity contribution in [1.82, 2.24) is 0 Å². The van der Waals surface area contributed by atoms with E-state index in [0.29, 0.717) is 0 Å². The van der Waals surface area contributed by atoms with Crippen molar-refractivity contribution in [2.45, 2.75) is 117 Å². The molecule has 0 amide bonds. The molecule has 0 heterocycles. The lowest BCUT2D eigenvalue weighted by atomic mass is 10.1. The van der Waals surface area contributed by atoms with E-state index < -0.39 is 0 Å². The molecule has 0 aliphatic heterocycles. The Hall–Kier alpha value is -0.780. The number of allylic oxidation sites excluding steroid dienone is 3. The molecule has 0 rings (SSSR count). The standard InChI is InChI=1S/C14H28.C8H16.C2H4/c1-3-5-7-9-11-13-14-12-10-8-6-4-2;1-3-5-7-8-6-4-2;1-2/h13-14H,3-12H2,1-2H3;3H,1,4-8H2,2H3;1-2H2. The van der Waals surface area contributed by atoms with E-state index in [2.05, 4.69) is 52.7 Å². The Labute approximate surface area is 155 Å². The van der Waals surface area contributed by atoms with Crippen molar-refractivity contribution in [2.24, 2.45) is 0 Å². The average molecular weight is 337 g/mol. The second-order valence-electron chi connectivity index (χ2n) is 6.31. The van der Waals surface area contributed by atoms with Crippen molar-refractivity contribution >= 4 is 0 Å². The van der Waals surface area contributed by atoms with Crippen molar-refractivity contribution in [2.75, 3.05) is 0 Å². The molecule has 0 unspecified atom stereocenters. The van der Waals surface area contributed by atoms with Crippen LogP contribution in [0.2, 0.25) is 0 Å². The molecule has 0 heteroatoms. The summed E-state index contributed by atoms with van der Waals surface area (Å²) >= 11 is 0. The van der Waals surface area contributed by atoms with Gasteiger partial charge in [0.05, 0.1) is 0 Å². The van der Waals surface area contributed by atoms with Gasteiger partial charge in [-0.15, -0.1) is 19.7 Å². The summed E-state index contributed by atoms with van der Waals surface area (Å²) in [5.41, 5.74) is 0. The number of unbranched alkanes of at least 4 members (excludes halogenated alkanes) is 12. The van der Waals surface area contributed by atoms with E-state index in [1.54, 1.807) is 0 Å². The van der Waals surface area contributed by atoms with Crippen LogP contribution in [-0.2, 0) is 0 Å². The van der Waals surface area contributed by atoms with Crippen LogP contribution in [0.5, 0.6) is 0 Å². The zero-order valence-electron chi connectivity index (χ0n) is 17.5. The highest BCUT2D eigenvalue weighted by atomic mass is 13.9. The molecule has 0 atom stereocenters. The Morgan fingerprint density at radius 3 is 1.12 bits per heavy atom. The molecule has 0 nitrogen and oxygen atoms in total. The number of hydrogen-bond donors (Lipinski definition) is 0. The van der Waals surface area contributed by atoms with Crippen LogP contribution in [-0.4, -0.2) is 0 Å². The van der Waals surface area contributed by atoms with Gasteiger partial charge < -0.3 is 0 Å². The molecule has 0 saturated heterocycles. The smallest absolute Gasteiger partial charge is 0.0351 e. The maximum Gasteiger partial charge on any atom is -0.0351 e. The van der Waals surface area contributed by atoms with Gasteiger partial charge in [-0.1, -0.05) is 96.8 Å². The van der Waals surface area contributed by atoms with Crippen LogP contribution in [0.1, 0.15) is 117 Å². The molecule has 0 saturated carbocycles. The maximum absolute atomic E-state index is 3.66. The normalized spacial score (nSPS) is 9.79. The van der Waals surface area contributed by atoms with E-state index in [9.17, 15) is 0 Å². The van der Waals surface area contributed by atoms with Crippen LogP contribution < -0.4 is 0 Å². The van der Waals surface area contributed by atoms with Gasteiger partial charge in [0.25, 0.3) is 0 Å².